The summed E-state index contributed by atoms with van der Waals surface area (Å²) in [5.74, 6) is 0.684. The minimum atomic E-state index is 0. The van der Waals surface area contributed by atoms with Gasteiger partial charge in [-0.2, -0.15) is 0 Å². The Morgan fingerprint density at radius 2 is 2.15 bits per heavy atom. The Morgan fingerprint density at radius 3 is 2.88 bits per heavy atom. The molecule has 3 heterocycles. The van der Waals surface area contributed by atoms with Gasteiger partial charge in [-0.15, -0.1) is 17.0 Å². The Bertz CT molecular complexity index is 1090. The van der Waals surface area contributed by atoms with Crippen molar-refractivity contribution in [1.82, 2.24) is 24.3 Å². The lowest BCUT2D eigenvalue weighted by Crippen LogP contribution is -2.53. The summed E-state index contributed by atoms with van der Waals surface area (Å²) in [7, 11) is 0. The van der Waals surface area contributed by atoms with Gasteiger partial charge in [-0.3, -0.25) is 9.69 Å². The summed E-state index contributed by atoms with van der Waals surface area (Å²) in [6.45, 7) is 10.2. The number of fused-ring (bicyclic) bond motifs is 2. The Morgan fingerprint density at radius 1 is 1.30 bits per heavy atom. The first kappa shape index (κ1) is 24.0. The Hall–Kier alpha value is -2.12. The van der Waals surface area contributed by atoms with E-state index in [1.165, 1.54) is 22.0 Å². The lowest BCUT2D eigenvalue weighted by Gasteiger charge is -2.46. The van der Waals surface area contributed by atoms with Crippen LogP contribution in [0.4, 0.5) is 0 Å². The molecule has 1 aliphatic heterocycles. The molecular weight excluding hydrogens is 478 g/mol. The number of rotatable bonds is 7. The smallest absolute Gasteiger partial charge is 0.224 e. The molecule has 1 fully saturated rings. The monoisotopic (exact) mass is 513 g/mol. The molecule has 6 nitrogen and oxygen atoms in total. The number of piperidine rings is 1. The second-order valence-electron chi connectivity index (χ2n) is 9.74. The van der Waals surface area contributed by atoms with E-state index >= 15 is 0 Å². The van der Waals surface area contributed by atoms with Crippen LogP contribution in [0.15, 0.2) is 43.1 Å². The average Bonchev–Trinajstić information content (AvgIpc) is 3.45. The number of likely N-dealkylation sites (tertiary alicyclic amines) is 1. The van der Waals surface area contributed by atoms with Crippen LogP contribution in [-0.2, 0) is 17.8 Å². The van der Waals surface area contributed by atoms with E-state index in [9.17, 15) is 4.79 Å². The van der Waals surface area contributed by atoms with Gasteiger partial charge in [-0.05, 0) is 56.8 Å². The first-order valence-corrected chi connectivity index (χ1v) is 12.2. The Labute approximate surface area is 207 Å². The molecule has 1 aliphatic carbocycles. The van der Waals surface area contributed by atoms with Crippen LogP contribution in [0, 0.1) is 5.92 Å². The standard InChI is InChI=1S/C26H35N5O.BrH/c1-4-30-15-20(26(32)28-9-6-11-29-12-10-27-17-29)13-22-21-7-5-8-23-25(21)19(14-24(22)30)16-31(23)18(2)3;/h5,7-8,10,12,16-18,20,22,24H,4,6,9,11,13-15H2,1-3H3,(H,28,32);1H/t20-,22?,24-;/m1./s1. The molecule has 2 aliphatic rings. The van der Waals surface area contributed by atoms with Crippen molar-refractivity contribution in [2.24, 2.45) is 5.92 Å². The van der Waals surface area contributed by atoms with E-state index in [0.717, 1.165) is 38.9 Å². The summed E-state index contributed by atoms with van der Waals surface area (Å²) >= 11 is 0. The lowest BCUT2D eigenvalue weighted by atomic mass is 9.72. The van der Waals surface area contributed by atoms with Crippen molar-refractivity contribution in [1.29, 1.82) is 0 Å². The number of nitrogens with one attached hydrogen (secondary N) is 1. The number of carbonyl (C=O) groups is 1. The molecule has 1 amide bonds. The predicted molar refractivity (Wildman–Crippen MR) is 138 cm³/mol. The fourth-order valence-corrected chi connectivity index (χ4v) is 5.95. The molecule has 0 radical (unpaired) electrons. The second-order valence-corrected chi connectivity index (χ2v) is 9.74. The van der Waals surface area contributed by atoms with Gasteiger partial charge in [0.05, 0.1) is 12.2 Å². The first-order chi connectivity index (χ1) is 15.6. The minimum Gasteiger partial charge on any atom is -0.356 e. The van der Waals surface area contributed by atoms with Gasteiger partial charge < -0.3 is 14.5 Å². The Balaban J connectivity index is 0.00000259. The summed E-state index contributed by atoms with van der Waals surface area (Å²) in [6.07, 6.45) is 10.9. The molecule has 7 heteroatoms. The number of benzene rings is 1. The number of imidazole rings is 1. The van der Waals surface area contributed by atoms with Crippen molar-refractivity contribution in [2.45, 2.75) is 64.6 Å². The molecule has 0 spiro atoms. The molecular formula is C26H36BrN5O. The van der Waals surface area contributed by atoms with E-state index in [1.807, 2.05) is 12.5 Å². The maximum absolute atomic E-state index is 13.1. The quantitative estimate of drug-likeness (QED) is 0.471. The van der Waals surface area contributed by atoms with Gasteiger partial charge in [0.2, 0.25) is 5.91 Å². The van der Waals surface area contributed by atoms with E-state index in [4.69, 9.17) is 0 Å². The normalized spacial score (nSPS) is 22.2. The summed E-state index contributed by atoms with van der Waals surface area (Å²) in [5, 5.41) is 4.66. The number of nitrogens with zero attached hydrogens (tertiary/aromatic N) is 4. The van der Waals surface area contributed by atoms with Gasteiger partial charge in [-0.1, -0.05) is 19.1 Å². The highest BCUT2D eigenvalue weighted by molar-refractivity contribution is 8.93. The summed E-state index contributed by atoms with van der Waals surface area (Å²) < 4.78 is 4.48. The topological polar surface area (TPSA) is 55.1 Å². The zero-order valence-corrected chi connectivity index (χ0v) is 21.6. The number of aromatic nitrogens is 3. The number of hydrogen-bond acceptors (Lipinski definition) is 3. The van der Waals surface area contributed by atoms with Crippen molar-refractivity contribution in [3.63, 3.8) is 0 Å². The number of aryl methyl sites for hydroxylation is 1. The number of carbonyl (C=O) groups excluding carboxylic acids is 1. The van der Waals surface area contributed by atoms with Gasteiger partial charge in [0.1, 0.15) is 0 Å². The Kier molecular flexibility index (Phi) is 7.29. The van der Waals surface area contributed by atoms with E-state index in [1.54, 1.807) is 6.20 Å². The van der Waals surface area contributed by atoms with Crippen molar-refractivity contribution in [3.05, 3.63) is 54.2 Å². The third-order valence-electron chi connectivity index (χ3n) is 7.51. The minimum absolute atomic E-state index is 0. The highest BCUT2D eigenvalue weighted by Gasteiger charge is 2.42. The van der Waals surface area contributed by atoms with Gasteiger partial charge in [0.25, 0.3) is 0 Å². The van der Waals surface area contributed by atoms with Crippen molar-refractivity contribution >= 4 is 33.8 Å². The summed E-state index contributed by atoms with van der Waals surface area (Å²) in [5.41, 5.74) is 4.27. The molecule has 5 rings (SSSR count). The van der Waals surface area contributed by atoms with Crippen LogP contribution in [0.5, 0.6) is 0 Å². The van der Waals surface area contributed by atoms with E-state index < -0.39 is 0 Å². The fraction of sp³-hybridized carbons (Fsp3) is 0.538. The highest BCUT2D eigenvalue weighted by atomic mass is 79.9. The van der Waals surface area contributed by atoms with Crippen LogP contribution in [0.25, 0.3) is 10.9 Å². The van der Waals surface area contributed by atoms with E-state index in [0.29, 0.717) is 24.5 Å². The zero-order chi connectivity index (χ0) is 22.2. The number of amides is 1. The molecule has 2 aromatic heterocycles. The van der Waals surface area contributed by atoms with E-state index in [2.05, 4.69) is 69.5 Å². The van der Waals surface area contributed by atoms with Gasteiger partial charge in [0, 0.05) is 67.1 Å². The lowest BCUT2D eigenvalue weighted by molar-refractivity contribution is -0.127. The second kappa shape index (κ2) is 10.0. The van der Waals surface area contributed by atoms with Crippen LogP contribution < -0.4 is 5.32 Å². The number of halogens is 1. The molecule has 3 atom stereocenters. The van der Waals surface area contributed by atoms with Crippen molar-refractivity contribution in [3.8, 4) is 0 Å². The van der Waals surface area contributed by atoms with Crippen LogP contribution in [-0.4, -0.2) is 50.6 Å². The predicted octanol–water partition coefficient (Wildman–Crippen LogP) is 4.55. The molecule has 178 valence electrons. The summed E-state index contributed by atoms with van der Waals surface area (Å²) in [6, 6.07) is 7.72. The largest absolute Gasteiger partial charge is 0.356 e. The molecule has 1 saturated heterocycles. The molecule has 1 unspecified atom stereocenters. The fourth-order valence-electron chi connectivity index (χ4n) is 5.95. The number of hydrogen-bond donors (Lipinski definition) is 1. The molecule has 33 heavy (non-hydrogen) atoms. The zero-order valence-electron chi connectivity index (χ0n) is 19.9. The van der Waals surface area contributed by atoms with Crippen molar-refractivity contribution < 1.29 is 4.79 Å². The average molecular weight is 515 g/mol. The summed E-state index contributed by atoms with van der Waals surface area (Å²) in [4.78, 5) is 19.7. The number of likely N-dealkylation sites (N-methyl/N-ethyl adjacent to an activating group) is 1. The molecule has 3 aromatic rings. The third-order valence-corrected chi connectivity index (χ3v) is 7.51. The molecule has 1 aromatic carbocycles. The third kappa shape index (κ3) is 4.50. The molecule has 0 bridgehead atoms. The van der Waals surface area contributed by atoms with Crippen LogP contribution in [0.2, 0.25) is 0 Å². The van der Waals surface area contributed by atoms with Crippen molar-refractivity contribution in [2.75, 3.05) is 19.6 Å². The highest BCUT2D eigenvalue weighted by Crippen LogP contribution is 2.45. The van der Waals surface area contributed by atoms with Crippen LogP contribution in [0.3, 0.4) is 0 Å². The van der Waals surface area contributed by atoms with Crippen LogP contribution in [0.1, 0.15) is 56.7 Å². The van der Waals surface area contributed by atoms with Gasteiger partial charge in [0.15, 0.2) is 0 Å². The van der Waals surface area contributed by atoms with Crippen LogP contribution >= 0.6 is 17.0 Å². The maximum Gasteiger partial charge on any atom is 0.224 e. The first-order valence-electron chi connectivity index (χ1n) is 12.2. The molecule has 0 saturated carbocycles. The maximum atomic E-state index is 13.1. The molecule has 1 N–H and O–H groups in total. The SMILES string of the molecule is Br.CCN1C[C@H](C(=O)NCCCn2ccnc2)CC2c3cccc4c3c(cn4C(C)C)C[C@H]21. The van der Waals surface area contributed by atoms with E-state index in [-0.39, 0.29) is 28.8 Å². The van der Waals surface area contributed by atoms with Gasteiger partial charge >= 0.3 is 0 Å². The van der Waals surface area contributed by atoms with Gasteiger partial charge in [-0.25, -0.2) is 4.98 Å².